The summed E-state index contributed by atoms with van der Waals surface area (Å²) in [6.45, 7) is 4.13. The highest BCUT2D eigenvalue weighted by Crippen LogP contribution is 2.28. The summed E-state index contributed by atoms with van der Waals surface area (Å²) in [5.41, 5.74) is 9.93. The van der Waals surface area contributed by atoms with E-state index in [1.54, 1.807) is 36.5 Å². The van der Waals surface area contributed by atoms with E-state index in [1.807, 2.05) is 37.3 Å². The number of nitrogens with one attached hydrogen (secondary N) is 2. The first-order valence-corrected chi connectivity index (χ1v) is 10.4. The number of aryl methyl sites for hydroxylation is 2. The molecule has 31 heavy (non-hydrogen) atoms. The van der Waals surface area contributed by atoms with Gasteiger partial charge in [0.15, 0.2) is 5.69 Å². The number of nitrogens with two attached hydrogens (primary N) is 1. The Hall–Kier alpha value is -3.85. The van der Waals surface area contributed by atoms with E-state index in [0.29, 0.717) is 29.2 Å². The molecule has 2 aromatic carbocycles. The van der Waals surface area contributed by atoms with Crippen molar-refractivity contribution in [2.75, 3.05) is 5.73 Å². The van der Waals surface area contributed by atoms with Crippen LogP contribution in [0, 0.1) is 19.3 Å². The monoisotopic (exact) mass is 431 g/mol. The molecule has 0 fully saturated rings. The van der Waals surface area contributed by atoms with Gasteiger partial charge in [-0.3, -0.25) is 9.89 Å². The van der Waals surface area contributed by atoms with Crippen LogP contribution in [-0.4, -0.2) is 21.0 Å². The first-order valence-electron chi connectivity index (χ1n) is 9.59. The minimum atomic E-state index is -0.266. The summed E-state index contributed by atoms with van der Waals surface area (Å²) in [5.74, 6) is 0. The maximum atomic E-state index is 12.9. The molecule has 0 unspecified atom stereocenters. The fraction of sp³-hybridized carbons (Fsp3) is 0.136. The summed E-state index contributed by atoms with van der Waals surface area (Å²) in [6.07, 6.45) is 1.16. The van der Waals surface area contributed by atoms with Crippen LogP contribution >= 0.6 is 11.3 Å². The lowest BCUT2D eigenvalue weighted by atomic mass is 10.1. The van der Waals surface area contributed by atoms with E-state index < -0.39 is 0 Å². The maximum absolute atomic E-state index is 12.9. The highest BCUT2D eigenvalue weighted by Gasteiger charge is 2.15. The van der Waals surface area contributed by atoms with Crippen LogP contribution < -0.4 is 11.3 Å². The van der Waals surface area contributed by atoms with Crippen molar-refractivity contribution < 1.29 is 0 Å². The van der Waals surface area contributed by atoms with Gasteiger partial charge in [0, 0.05) is 27.9 Å². The highest BCUT2D eigenvalue weighted by molar-refractivity contribution is 7.12. The van der Waals surface area contributed by atoms with E-state index in [2.05, 4.69) is 15.3 Å². The lowest BCUT2D eigenvalue weighted by Gasteiger charge is -1.99. The quantitative estimate of drug-likeness (QED) is 0.227. The molecule has 0 saturated heterocycles. The van der Waals surface area contributed by atoms with Crippen molar-refractivity contribution in [3.63, 3.8) is 0 Å². The first-order chi connectivity index (χ1) is 15.0. The van der Waals surface area contributed by atoms with Gasteiger partial charge in [-0.15, -0.1) is 16.5 Å². The van der Waals surface area contributed by atoms with Crippen molar-refractivity contribution in [3.05, 3.63) is 80.0 Å². The fourth-order valence-corrected chi connectivity index (χ4v) is 4.14. The normalized spacial score (nSPS) is 11.3. The number of hydrogen-bond donors (Lipinski definition) is 3. The number of nitrogen functional groups attached to an aromatic ring is 1. The Morgan fingerprint density at radius 1 is 1.19 bits per heavy atom. The van der Waals surface area contributed by atoms with Gasteiger partial charge in [0.25, 0.3) is 5.56 Å². The number of hydrogen-bond acceptors (Lipinski definition) is 7. The molecule has 0 amide bonds. The molecule has 4 N–H and O–H groups in total. The Balaban J connectivity index is 1.59. The second-order valence-corrected chi connectivity index (χ2v) is 8.30. The molecule has 156 valence electrons. The minimum absolute atomic E-state index is 0.241. The molecule has 0 aliphatic carbocycles. The lowest BCUT2D eigenvalue weighted by molar-refractivity contribution is 0.655. The molecule has 0 saturated carbocycles. The van der Waals surface area contributed by atoms with Crippen LogP contribution in [0.2, 0.25) is 0 Å². The van der Waals surface area contributed by atoms with Crippen molar-refractivity contribution in [1.29, 1.82) is 5.41 Å². The minimum Gasteiger partial charge on any atom is -0.398 e. The van der Waals surface area contributed by atoms with E-state index in [1.165, 1.54) is 4.68 Å². The van der Waals surface area contributed by atoms with E-state index in [9.17, 15) is 4.79 Å². The number of anilines is 1. The SMILES string of the molecule is Cc1[nH]n(Cc2nc(-c3ccccc3)c(C)s2)c(=O)c1N=Nc1ccc(N)c(C=N)c1. The zero-order valence-corrected chi connectivity index (χ0v) is 17.9. The van der Waals surface area contributed by atoms with Crippen molar-refractivity contribution in [2.24, 2.45) is 10.2 Å². The van der Waals surface area contributed by atoms with Gasteiger partial charge in [-0.1, -0.05) is 30.3 Å². The molecule has 0 aliphatic rings. The van der Waals surface area contributed by atoms with E-state index in [4.69, 9.17) is 16.1 Å². The average Bonchev–Trinajstić information content (AvgIpc) is 3.27. The number of nitrogens with zero attached hydrogens (tertiary/aromatic N) is 4. The maximum Gasteiger partial charge on any atom is 0.294 e. The fourth-order valence-electron chi connectivity index (χ4n) is 3.20. The molecular formula is C22H21N7OS. The van der Waals surface area contributed by atoms with Crippen LogP contribution in [-0.2, 0) is 6.54 Å². The van der Waals surface area contributed by atoms with Crippen LogP contribution in [0.3, 0.4) is 0 Å². The van der Waals surface area contributed by atoms with Crippen LogP contribution in [0.5, 0.6) is 0 Å². The summed E-state index contributed by atoms with van der Waals surface area (Å²) < 4.78 is 1.49. The lowest BCUT2D eigenvalue weighted by Crippen LogP contribution is -2.17. The van der Waals surface area contributed by atoms with Crippen molar-refractivity contribution in [1.82, 2.24) is 14.8 Å². The van der Waals surface area contributed by atoms with Gasteiger partial charge >= 0.3 is 0 Å². The van der Waals surface area contributed by atoms with Crippen LogP contribution in [0.25, 0.3) is 11.3 Å². The standard InChI is InChI=1S/C22H21N7OS/c1-13-20(27-26-17-8-9-18(24)16(10-17)11-23)22(30)29(28-13)12-19-25-21(14(2)31-19)15-6-4-3-5-7-15/h3-11,23,28H,12,24H2,1-2H3. The summed E-state index contributed by atoms with van der Waals surface area (Å²) in [4.78, 5) is 18.7. The largest absolute Gasteiger partial charge is 0.398 e. The molecule has 8 nitrogen and oxygen atoms in total. The van der Waals surface area contributed by atoms with Gasteiger partial charge in [-0.05, 0) is 32.0 Å². The van der Waals surface area contributed by atoms with Gasteiger partial charge < -0.3 is 11.1 Å². The van der Waals surface area contributed by atoms with Crippen molar-refractivity contribution >= 4 is 34.6 Å². The van der Waals surface area contributed by atoms with E-state index >= 15 is 0 Å². The van der Waals surface area contributed by atoms with Crippen molar-refractivity contribution in [3.8, 4) is 11.3 Å². The molecule has 0 atom stereocenters. The molecule has 2 heterocycles. The molecule has 4 rings (SSSR count). The summed E-state index contributed by atoms with van der Waals surface area (Å²) in [5, 5.41) is 19.6. The number of H-pyrrole nitrogens is 1. The third kappa shape index (κ3) is 4.22. The molecule has 9 heteroatoms. The molecule has 0 spiro atoms. The Morgan fingerprint density at radius 3 is 2.71 bits per heavy atom. The summed E-state index contributed by atoms with van der Waals surface area (Å²) in [7, 11) is 0. The van der Waals surface area contributed by atoms with Gasteiger partial charge in [0.05, 0.1) is 23.6 Å². The van der Waals surface area contributed by atoms with Gasteiger partial charge in [0.1, 0.15) is 5.01 Å². The molecular weight excluding hydrogens is 410 g/mol. The predicted molar refractivity (Wildman–Crippen MR) is 124 cm³/mol. The predicted octanol–water partition coefficient (Wildman–Crippen LogP) is 4.96. The van der Waals surface area contributed by atoms with Gasteiger partial charge in [0.2, 0.25) is 0 Å². The number of aromatic amines is 1. The summed E-state index contributed by atoms with van der Waals surface area (Å²) >= 11 is 1.57. The molecule has 0 bridgehead atoms. The smallest absolute Gasteiger partial charge is 0.294 e. The van der Waals surface area contributed by atoms with Crippen LogP contribution in [0.4, 0.5) is 17.1 Å². The highest BCUT2D eigenvalue weighted by atomic mass is 32.1. The van der Waals surface area contributed by atoms with E-state index in [0.717, 1.165) is 27.4 Å². The zero-order valence-electron chi connectivity index (χ0n) is 17.1. The average molecular weight is 432 g/mol. The van der Waals surface area contributed by atoms with Crippen molar-refractivity contribution in [2.45, 2.75) is 20.4 Å². The molecule has 4 aromatic rings. The van der Waals surface area contributed by atoms with Crippen LogP contribution in [0.15, 0.2) is 63.6 Å². The number of rotatable bonds is 6. The van der Waals surface area contributed by atoms with E-state index in [-0.39, 0.29) is 11.2 Å². The van der Waals surface area contributed by atoms with Crippen LogP contribution in [0.1, 0.15) is 21.1 Å². The number of thiazole rings is 1. The summed E-state index contributed by atoms with van der Waals surface area (Å²) in [6, 6.07) is 15.0. The topological polar surface area (TPSA) is 125 Å². The second-order valence-electron chi connectivity index (χ2n) is 7.01. The van der Waals surface area contributed by atoms with Gasteiger partial charge in [-0.2, -0.15) is 5.11 Å². The first kappa shape index (κ1) is 20.4. The second kappa shape index (κ2) is 8.49. The Bertz CT molecular complexity index is 1330. The zero-order chi connectivity index (χ0) is 22.0. The molecule has 0 aliphatic heterocycles. The number of azo groups is 1. The molecule has 2 aromatic heterocycles. The number of benzene rings is 2. The van der Waals surface area contributed by atoms with Gasteiger partial charge in [-0.25, -0.2) is 9.67 Å². The Morgan fingerprint density at radius 2 is 1.97 bits per heavy atom. The third-order valence-electron chi connectivity index (χ3n) is 4.78. The molecule has 0 radical (unpaired) electrons. The Labute approximate surface area is 182 Å². The number of aromatic nitrogens is 3. The Kier molecular flexibility index (Phi) is 5.59. The third-order valence-corrected chi connectivity index (χ3v) is 5.73.